The predicted molar refractivity (Wildman–Crippen MR) is 86.3 cm³/mol. The first kappa shape index (κ1) is 13.3. The van der Waals surface area contributed by atoms with Crippen LogP contribution >= 0.6 is 11.3 Å². The molecule has 2 heteroatoms. The molecule has 0 fully saturated rings. The number of benzene rings is 2. The summed E-state index contributed by atoms with van der Waals surface area (Å²) in [6.07, 6.45) is 2.24. The molecule has 1 nitrogen and oxygen atoms in total. The number of hydrogen-bond acceptors (Lipinski definition) is 2. The molecule has 1 N–H and O–H groups in total. The second-order valence-electron chi connectivity index (χ2n) is 5.11. The van der Waals surface area contributed by atoms with Gasteiger partial charge in [-0.25, -0.2) is 0 Å². The smallest absolute Gasteiger partial charge is 0.0584 e. The summed E-state index contributed by atoms with van der Waals surface area (Å²) < 4.78 is 0. The molecule has 0 radical (unpaired) electrons. The Hall–Kier alpha value is -1.64. The van der Waals surface area contributed by atoms with E-state index in [2.05, 4.69) is 60.0 Å². The molecule has 0 aliphatic heterocycles. The first-order valence-corrected chi connectivity index (χ1v) is 7.88. The fourth-order valence-electron chi connectivity index (χ4n) is 2.59. The maximum absolute atomic E-state index is 10.3. The number of hydrogen-bond donors (Lipinski definition) is 1. The highest BCUT2D eigenvalue weighted by atomic mass is 32.1. The summed E-state index contributed by atoms with van der Waals surface area (Å²) in [4.78, 5) is 1.35. The predicted octanol–water partition coefficient (Wildman–Crippen LogP) is 4.44. The highest BCUT2D eigenvalue weighted by molar-refractivity contribution is 7.09. The van der Waals surface area contributed by atoms with E-state index in [1.54, 1.807) is 11.3 Å². The molecule has 0 saturated heterocycles. The highest BCUT2D eigenvalue weighted by Gasteiger charge is 2.09. The van der Waals surface area contributed by atoms with Gasteiger partial charge in [0.25, 0.3) is 0 Å². The third kappa shape index (κ3) is 3.09. The number of rotatable bonds is 5. The van der Waals surface area contributed by atoms with E-state index in [1.807, 2.05) is 0 Å². The Labute approximate surface area is 123 Å². The largest absolute Gasteiger partial charge is 0.393 e. The fourth-order valence-corrected chi connectivity index (χ4v) is 3.31. The molecule has 1 atom stereocenters. The Bertz CT molecular complexity index is 667. The highest BCUT2D eigenvalue weighted by Crippen LogP contribution is 2.21. The summed E-state index contributed by atoms with van der Waals surface area (Å²) in [5.74, 6) is 0. The molecule has 0 aliphatic rings. The van der Waals surface area contributed by atoms with Crippen LogP contribution < -0.4 is 0 Å². The molecule has 3 aromatic rings. The van der Waals surface area contributed by atoms with E-state index >= 15 is 0 Å². The number of fused-ring (bicyclic) bond motifs is 1. The van der Waals surface area contributed by atoms with Crippen molar-refractivity contribution in [3.05, 3.63) is 70.4 Å². The van der Waals surface area contributed by atoms with Gasteiger partial charge in [-0.2, -0.15) is 0 Å². The minimum atomic E-state index is -0.275. The van der Waals surface area contributed by atoms with Crippen LogP contribution in [0.5, 0.6) is 0 Å². The number of aliphatic hydroxyl groups excluding tert-OH is 1. The lowest BCUT2D eigenvalue weighted by atomic mass is 9.98. The first-order chi connectivity index (χ1) is 9.83. The summed E-state index contributed by atoms with van der Waals surface area (Å²) in [5, 5.41) is 14.9. The van der Waals surface area contributed by atoms with Crippen LogP contribution in [0, 0.1) is 0 Å². The van der Waals surface area contributed by atoms with Crippen LogP contribution in [0.2, 0.25) is 0 Å². The number of aryl methyl sites for hydroxylation is 1. The molecule has 3 rings (SSSR count). The van der Waals surface area contributed by atoms with Crippen molar-refractivity contribution in [1.29, 1.82) is 0 Å². The lowest BCUT2D eigenvalue weighted by Gasteiger charge is -2.12. The number of thiophene rings is 1. The molecule has 0 bridgehead atoms. The second-order valence-corrected chi connectivity index (χ2v) is 6.15. The standard InChI is InChI=1S/C18H18OS/c19-16(10-11-17-8-4-12-20-17)13-15-7-3-6-14-5-1-2-9-18(14)15/h1-9,12,16,19H,10-11,13H2. The molecular formula is C18H18OS. The zero-order valence-electron chi connectivity index (χ0n) is 11.3. The Morgan fingerprint density at radius 1 is 0.950 bits per heavy atom. The fraction of sp³-hybridized carbons (Fsp3) is 0.222. The Kier molecular flexibility index (Phi) is 4.14. The van der Waals surface area contributed by atoms with Crippen molar-refractivity contribution in [3.63, 3.8) is 0 Å². The van der Waals surface area contributed by atoms with Crippen LogP contribution in [0.25, 0.3) is 10.8 Å². The van der Waals surface area contributed by atoms with E-state index in [0.29, 0.717) is 0 Å². The van der Waals surface area contributed by atoms with Gasteiger partial charge in [0.05, 0.1) is 6.10 Å². The zero-order chi connectivity index (χ0) is 13.8. The minimum absolute atomic E-state index is 0.275. The van der Waals surface area contributed by atoms with Crippen LogP contribution in [-0.4, -0.2) is 11.2 Å². The van der Waals surface area contributed by atoms with Crippen LogP contribution in [0.4, 0.5) is 0 Å². The lowest BCUT2D eigenvalue weighted by molar-refractivity contribution is 0.166. The van der Waals surface area contributed by atoms with Gasteiger partial charge in [-0.15, -0.1) is 11.3 Å². The monoisotopic (exact) mass is 282 g/mol. The van der Waals surface area contributed by atoms with Crippen LogP contribution in [0.3, 0.4) is 0 Å². The molecular weight excluding hydrogens is 264 g/mol. The molecule has 0 saturated carbocycles. The second kappa shape index (κ2) is 6.21. The molecule has 2 aromatic carbocycles. The van der Waals surface area contributed by atoms with Crippen molar-refractivity contribution < 1.29 is 5.11 Å². The van der Waals surface area contributed by atoms with Gasteiger partial charge in [-0.05, 0) is 47.0 Å². The molecule has 1 aromatic heterocycles. The quantitative estimate of drug-likeness (QED) is 0.733. The van der Waals surface area contributed by atoms with Crippen molar-refractivity contribution >= 4 is 22.1 Å². The minimum Gasteiger partial charge on any atom is -0.393 e. The van der Waals surface area contributed by atoms with Gasteiger partial charge in [0.15, 0.2) is 0 Å². The normalized spacial score (nSPS) is 12.7. The Balaban J connectivity index is 1.69. The average Bonchev–Trinajstić information content (AvgIpc) is 2.99. The van der Waals surface area contributed by atoms with Gasteiger partial charge < -0.3 is 5.11 Å². The lowest BCUT2D eigenvalue weighted by Crippen LogP contribution is -2.11. The van der Waals surface area contributed by atoms with Crippen molar-refractivity contribution in [2.24, 2.45) is 0 Å². The van der Waals surface area contributed by atoms with Crippen LogP contribution in [-0.2, 0) is 12.8 Å². The first-order valence-electron chi connectivity index (χ1n) is 7.00. The SMILES string of the molecule is OC(CCc1cccs1)Cc1cccc2ccccc12. The maximum Gasteiger partial charge on any atom is 0.0584 e. The summed E-state index contributed by atoms with van der Waals surface area (Å²) >= 11 is 1.76. The Morgan fingerprint density at radius 2 is 1.80 bits per heavy atom. The van der Waals surface area contributed by atoms with Gasteiger partial charge >= 0.3 is 0 Å². The van der Waals surface area contributed by atoms with Crippen molar-refractivity contribution in [1.82, 2.24) is 0 Å². The van der Waals surface area contributed by atoms with Crippen molar-refractivity contribution in [3.8, 4) is 0 Å². The van der Waals surface area contributed by atoms with Crippen molar-refractivity contribution in [2.45, 2.75) is 25.4 Å². The zero-order valence-corrected chi connectivity index (χ0v) is 12.1. The summed E-state index contributed by atoms with van der Waals surface area (Å²) in [5.41, 5.74) is 1.24. The third-order valence-electron chi connectivity index (χ3n) is 3.64. The van der Waals surface area contributed by atoms with Crippen molar-refractivity contribution in [2.75, 3.05) is 0 Å². The van der Waals surface area contributed by atoms with Crippen LogP contribution in [0.1, 0.15) is 16.9 Å². The van der Waals surface area contributed by atoms with E-state index in [4.69, 9.17) is 0 Å². The summed E-state index contributed by atoms with van der Waals surface area (Å²) in [6, 6.07) is 18.9. The van der Waals surface area contributed by atoms with E-state index < -0.39 is 0 Å². The molecule has 1 unspecified atom stereocenters. The molecule has 0 spiro atoms. The van der Waals surface area contributed by atoms with Gasteiger partial charge in [0, 0.05) is 4.88 Å². The third-order valence-corrected chi connectivity index (χ3v) is 4.58. The van der Waals surface area contributed by atoms with Crippen LogP contribution in [0.15, 0.2) is 60.0 Å². The van der Waals surface area contributed by atoms with E-state index in [-0.39, 0.29) is 6.10 Å². The van der Waals surface area contributed by atoms with E-state index in [0.717, 1.165) is 19.3 Å². The molecule has 1 heterocycles. The molecule has 102 valence electrons. The molecule has 20 heavy (non-hydrogen) atoms. The van der Waals surface area contributed by atoms with Gasteiger partial charge in [-0.3, -0.25) is 0 Å². The molecule has 0 aliphatic carbocycles. The van der Waals surface area contributed by atoms with E-state index in [1.165, 1.54) is 21.2 Å². The van der Waals surface area contributed by atoms with Gasteiger partial charge in [-0.1, -0.05) is 48.5 Å². The maximum atomic E-state index is 10.3. The van der Waals surface area contributed by atoms with Gasteiger partial charge in [0.2, 0.25) is 0 Å². The van der Waals surface area contributed by atoms with Gasteiger partial charge in [0.1, 0.15) is 0 Å². The summed E-state index contributed by atoms with van der Waals surface area (Å²) in [6.45, 7) is 0. The Morgan fingerprint density at radius 3 is 2.65 bits per heavy atom. The number of aliphatic hydroxyl groups is 1. The average molecular weight is 282 g/mol. The molecule has 0 amide bonds. The van der Waals surface area contributed by atoms with E-state index in [9.17, 15) is 5.11 Å². The topological polar surface area (TPSA) is 20.2 Å². The summed E-state index contributed by atoms with van der Waals surface area (Å²) in [7, 11) is 0.